The van der Waals surface area contributed by atoms with E-state index in [1.165, 1.54) is 10.5 Å². The molecule has 2 aromatic heterocycles. The monoisotopic (exact) mass is 219 g/mol. The second kappa shape index (κ2) is 3.55. The van der Waals surface area contributed by atoms with Crippen LogP contribution in [0.2, 0.25) is 0 Å². The molecule has 0 atom stereocenters. The summed E-state index contributed by atoms with van der Waals surface area (Å²) in [6.07, 6.45) is 0. The van der Waals surface area contributed by atoms with Gasteiger partial charge in [0.05, 0.1) is 0 Å². The predicted octanol–water partition coefficient (Wildman–Crippen LogP) is 0.167. The fourth-order valence-corrected chi connectivity index (χ4v) is 1.47. The lowest BCUT2D eigenvalue weighted by Gasteiger charge is -2.12. The molecule has 0 aliphatic carbocycles. The van der Waals surface area contributed by atoms with Crippen molar-refractivity contribution in [1.82, 2.24) is 19.4 Å². The highest BCUT2D eigenvalue weighted by Crippen LogP contribution is 2.05. The zero-order chi connectivity index (χ0) is 11.9. The Morgan fingerprint density at radius 3 is 2.50 bits per heavy atom. The molecule has 0 N–H and O–H groups in total. The lowest BCUT2D eigenvalue weighted by Crippen LogP contribution is -2.22. The molecule has 0 fully saturated rings. The van der Waals surface area contributed by atoms with Crippen molar-refractivity contribution in [3.05, 3.63) is 27.9 Å². The first kappa shape index (κ1) is 10.5. The Morgan fingerprint density at radius 1 is 1.19 bits per heavy atom. The largest absolute Gasteiger partial charge is 0.347 e. The van der Waals surface area contributed by atoms with E-state index in [-0.39, 0.29) is 5.56 Å². The van der Waals surface area contributed by atoms with Crippen molar-refractivity contribution in [2.24, 2.45) is 0 Å². The molecule has 0 aliphatic rings. The van der Waals surface area contributed by atoms with Gasteiger partial charge in [-0.25, -0.2) is 9.38 Å². The van der Waals surface area contributed by atoms with Gasteiger partial charge in [-0.3, -0.25) is 4.79 Å². The fourth-order valence-electron chi connectivity index (χ4n) is 1.47. The van der Waals surface area contributed by atoms with Gasteiger partial charge < -0.3 is 4.90 Å². The number of hydrogen-bond donors (Lipinski definition) is 0. The van der Waals surface area contributed by atoms with E-state index < -0.39 is 0 Å². The number of aryl methyl sites for hydroxylation is 2. The first-order valence-electron chi connectivity index (χ1n) is 4.91. The summed E-state index contributed by atoms with van der Waals surface area (Å²) < 4.78 is 1.40. The number of fused-ring (bicyclic) bond motifs is 1. The van der Waals surface area contributed by atoms with Gasteiger partial charge >= 0.3 is 0 Å². The highest BCUT2D eigenvalue weighted by molar-refractivity contribution is 5.38. The fraction of sp³-hybridized carbons (Fsp3) is 0.400. The minimum atomic E-state index is -0.148. The van der Waals surface area contributed by atoms with Gasteiger partial charge in [0.1, 0.15) is 5.82 Å². The van der Waals surface area contributed by atoms with Crippen molar-refractivity contribution in [2.75, 3.05) is 19.0 Å². The Bertz CT molecular complexity index is 602. The number of aromatic nitrogens is 4. The summed E-state index contributed by atoms with van der Waals surface area (Å²) in [4.78, 5) is 26.2. The van der Waals surface area contributed by atoms with E-state index in [1.807, 2.05) is 14.1 Å². The van der Waals surface area contributed by atoms with E-state index in [0.29, 0.717) is 23.2 Å². The molecule has 0 saturated heterocycles. The number of hydrogen-bond acceptors (Lipinski definition) is 5. The van der Waals surface area contributed by atoms with Gasteiger partial charge in [-0.1, -0.05) is 0 Å². The molecule has 84 valence electrons. The summed E-state index contributed by atoms with van der Waals surface area (Å²) in [5, 5.41) is 0. The highest BCUT2D eigenvalue weighted by atomic mass is 16.1. The van der Waals surface area contributed by atoms with Crippen LogP contribution in [0.25, 0.3) is 5.78 Å². The molecule has 6 heteroatoms. The summed E-state index contributed by atoms with van der Waals surface area (Å²) in [7, 11) is 3.69. The molecule has 0 bridgehead atoms. The topological polar surface area (TPSA) is 63.4 Å². The van der Waals surface area contributed by atoms with E-state index in [0.717, 1.165) is 0 Å². The number of nitrogens with zero attached hydrogens (tertiary/aromatic N) is 5. The van der Waals surface area contributed by atoms with Gasteiger partial charge in [0, 0.05) is 25.9 Å². The van der Waals surface area contributed by atoms with Gasteiger partial charge in [-0.2, -0.15) is 9.97 Å². The molecule has 0 amide bonds. The summed E-state index contributed by atoms with van der Waals surface area (Å²) >= 11 is 0. The summed E-state index contributed by atoms with van der Waals surface area (Å²) in [5.74, 6) is 1.53. The number of rotatable bonds is 1. The van der Waals surface area contributed by atoms with Crippen molar-refractivity contribution in [3.8, 4) is 0 Å². The second-order valence-corrected chi connectivity index (χ2v) is 3.84. The molecule has 0 aromatic carbocycles. The third-order valence-electron chi connectivity index (χ3n) is 2.21. The molecule has 2 heterocycles. The minimum absolute atomic E-state index is 0.148. The van der Waals surface area contributed by atoms with Gasteiger partial charge in [0.2, 0.25) is 11.7 Å². The smallest absolute Gasteiger partial charge is 0.260 e. The summed E-state index contributed by atoms with van der Waals surface area (Å²) in [5.41, 5.74) is 0.512. The number of anilines is 1. The van der Waals surface area contributed by atoms with E-state index in [1.54, 1.807) is 18.7 Å². The molecule has 2 rings (SSSR count). The SMILES string of the molecule is Cc1cc(=O)n2c(C)nc(N(C)C)nc2n1. The van der Waals surface area contributed by atoms with Crippen molar-refractivity contribution >= 4 is 11.7 Å². The maximum absolute atomic E-state index is 11.7. The molecule has 0 unspecified atom stereocenters. The Kier molecular flexibility index (Phi) is 2.34. The molecule has 0 aliphatic heterocycles. The van der Waals surface area contributed by atoms with Crippen LogP contribution in [0, 0.1) is 13.8 Å². The third-order valence-corrected chi connectivity index (χ3v) is 2.21. The lowest BCUT2D eigenvalue weighted by molar-refractivity contribution is 0.849. The van der Waals surface area contributed by atoms with Gasteiger partial charge in [0.15, 0.2) is 0 Å². The minimum Gasteiger partial charge on any atom is -0.347 e. The molecule has 6 nitrogen and oxygen atoms in total. The first-order chi connectivity index (χ1) is 7.49. The second-order valence-electron chi connectivity index (χ2n) is 3.84. The van der Waals surface area contributed by atoms with E-state index >= 15 is 0 Å². The van der Waals surface area contributed by atoms with Gasteiger partial charge in [0.25, 0.3) is 5.56 Å². The molecular weight excluding hydrogens is 206 g/mol. The van der Waals surface area contributed by atoms with Crippen LogP contribution in [0.3, 0.4) is 0 Å². The Balaban J connectivity index is 2.87. The molecule has 2 aromatic rings. The predicted molar refractivity (Wildman–Crippen MR) is 60.9 cm³/mol. The Hall–Kier alpha value is -1.98. The molecular formula is C10H13N5O. The highest BCUT2D eigenvalue weighted by Gasteiger charge is 2.08. The summed E-state index contributed by atoms with van der Waals surface area (Å²) in [6.45, 7) is 3.54. The Morgan fingerprint density at radius 2 is 1.88 bits per heavy atom. The van der Waals surface area contributed by atoms with Crippen LogP contribution in [-0.4, -0.2) is 33.4 Å². The van der Waals surface area contributed by atoms with Crippen LogP contribution in [-0.2, 0) is 0 Å². The van der Waals surface area contributed by atoms with E-state index in [9.17, 15) is 4.79 Å². The van der Waals surface area contributed by atoms with Crippen LogP contribution in [0.5, 0.6) is 0 Å². The molecule has 0 saturated carbocycles. The van der Waals surface area contributed by atoms with Crippen molar-refractivity contribution in [2.45, 2.75) is 13.8 Å². The van der Waals surface area contributed by atoms with Gasteiger partial charge in [-0.05, 0) is 13.8 Å². The third kappa shape index (κ3) is 1.62. The van der Waals surface area contributed by atoms with Crippen LogP contribution < -0.4 is 10.5 Å². The Labute approximate surface area is 92.6 Å². The zero-order valence-electron chi connectivity index (χ0n) is 9.72. The van der Waals surface area contributed by atoms with Crippen LogP contribution in [0.1, 0.15) is 11.5 Å². The van der Waals surface area contributed by atoms with Gasteiger partial charge in [-0.15, -0.1) is 0 Å². The average Bonchev–Trinajstić information content (AvgIpc) is 2.15. The zero-order valence-corrected chi connectivity index (χ0v) is 9.72. The van der Waals surface area contributed by atoms with E-state index in [4.69, 9.17) is 0 Å². The van der Waals surface area contributed by atoms with Crippen LogP contribution in [0.4, 0.5) is 5.95 Å². The first-order valence-corrected chi connectivity index (χ1v) is 4.91. The average molecular weight is 219 g/mol. The maximum atomic E-state index is 11.7. The van der Waals surface area contributed by atoms with E-state index in [2.05, 4.69) is 15.0 Å². The van der Waals surface area contributed by atoms with Crippen molar-refractivity contribution < 1.29 is 0 Å². The molecule has 16 heavy (non-hydrogen) atoms. The normalized spacial score (nSPS) is 10.8. The van der Waals surface area contributed by atoms with Crippen molar-refractivity contribution in [1.29, 1.82) is 0 Å². The lowest BCUT2D eigenvalue weighted by atomic mass is 10.4. The maximum Gasteiger partial charge on any atom is 0.260 e. The molecule has 0 radical (unpaired) electrons. The quantitative estimate of drug-likeness (QED) is 0.684. The summed E-state index contributed by atoms with van der Waals surface area (Å²) in [6, 6.07) is 1.47. The van der Waals surface area contributed by atoms with Crippen LogP contribution in [0.15, 0.2) is 10.9 Å². The van der Waals surface area contributed by atoms with Crippen LogP contribution >= 0.6 is 0 Å². The molecule has 0 spiro atoms. The van der Waals surface area contributed by atoms with Crippen molar-refractivity contribution in [3.63, 3.8) is 0 Å². The standard InChI is InChI=1S/C10H13N5O/c1-6-5-8(16)15-7(2)12-9(14(3)4)13-10(15)11-6/h5H,1-4H3.